The number of benzene rings is 1. The van der Waals surface area contributed by atoms with E-state index in [4.69, 9.17) is 4.74 Å². The fourth-order valence-corrected chi connectivity index (χ4v) is 2.02. The number of methoxy groups -OCH3 is 1. The summed E-state index contributed by atoms with van der Waals surface area (Å²) in [6.07, 6.45) is 0. The third-order valence-electron chi connectivity index (χ3n) is 2.98. The Labute approximate surface area is 111 Å². The van der Waals surface area contributed by atoms with Crippen molar-refractivity contribution >= 4 is 5.69 Å². The van der Waals surface area contributed by atoms with Crippen molar-refractivity contribution in [2.45, 2.75) is 39.2 Å². The molecule has 0 amide bonds. The second-order valence-corrected chi connectivity index (χ2v) is 5.65. The van der Waals surface area contributed by atoms with Crippen molar-refractivity contribution < 1.29 is 4.74 Å². The lowest BCUT2D eigenvalue weighted by Gasteiger charge is -2.28. The van der Waals surface area contributed by atoms with Gasteiger partial charge >= 0.3 is 0 Å². The molecule has 0 radical (unpaired) electrons. The summed E-state index contributed by atoms with van der Waals surface area (Å²) in [5.41, 5.74) is 2.33. The molecule has 3 heteroatoms. The molecule has 1 aromatic carbocycles. The van der Waals surface area contributed by atoms with Crippen LogP contribution in [0, 0.1) is 0 Å². The van der Waals surface area contributed by atoms with Crippen LogP contribution in [0.3, 0.4) is 0 Å². The molecule has 102 valence electrons. The molecular weight excluding hydrogens is 224 g/mol. The fourth-order valence-electron chi connectivity index (χ4n) is 2.02. The van der Waals surface area contributed by atoms with E-state index in [1.54, 1.807) is 7.11 Å². The van der Waals surface area contributed by atoms with E-state index in [0.717, 1.165) is 18.0 Å². The van der Waals surface area contributed by atoms with Gasteiger partial charge in [-0.15, -0.1) is 0 Å². The van der Waals surface area contributed by atoms with E-state index in [2.05, 4.69) is 56.5 Å². The highest BCUT2D eigenvalue weighted by Gasteiger charge is 2.18. The predicted octanol–water partition coefficient (Wildman–Crippen LogP) is 3.23. The Morgan fingerprint density at radius 2 is 1.94 bits per heavy atom. The summed E-state index contributed by atoms with van der Waals surface area (Å²) >= 11 is 0. The van der Waals surface area contributed by atoms with Crippen molar-refractivity contribution in [1.29, 1.82) is 0 Å². The summed E-state index contributed by atoms with van der Waals surface area (Å²) in [5.74, 6) is 1.42. The van der Waals surface area contributed by atoms with E-state index in [9.17, 15) is 0 Å². The summed E-state index contributed by atoms with van der Waals surface area (Å²) in [6.45, 7) is 9.60. The van der Waals surface area contributed by atoms with Crippen LogP contribution in [0.25, 0.3) is 0 Å². The number of hydrogen-bond acceptors (Lipinski definition) is 3. The molecule has 0 spiro atoms. The number of anilines is 1. The van der Waals surface area contributed by atoms with Gasteiger partial charge in [0, 0.05) is 12.1 Å². The highest BCUT2D eigenvalue weighted by Crippen LogP contribution is 2.30. The molecule has 0 bridgehead atoms. The van der Waals surface area contributed by atoms with Crippen molar-refractivity contribution in [1.82, 2.24) is 5.32 Å². The molecule has 0 heterocycles. The van der Waals surface area contributed by atoms with Crippen LogP contribution in [0.2, 0.25) is 0 Å². The zero-order chi connectivity index (χ0) is 13.8. The maximum Gasteiger partial charge on any atom is 0.142 e. The van der Waals surface area contributed by atoms with Crippen molar-refractivity contribution in [3.8, 4) is 5.75 Å². The zero-order valence-electron chi connectivity index (χ0n) is 12.4. The van der Waals surface area contributed by atoms with Gasteiger partial charge in [0.05, 0.1) is 12.8 Å². The molecule has 0 unspecified atom stereocenters. The maximum atomic E-state index is 5.48. The monoisotopic (exact) mass is 250 g/mol. The Morgan fingerprint density at radius 3 is 2.44 bits per heavy atom. The SMILES string of the molecule is CNCC(C)(C)Nc1ccc(C(C)C)cc1OC. The van der Waals surface area contributed by atoms with Crippen LogP contribution in [0.15, 0.2) is 18.2 Å². The molecule has 1 rings (SSSR count). The van der Waals surface area contributed by atoms with Gasteiger partial charge in [-0.2, -0.15) is 0 Å². The lowest BCUT2D eigenvalue weighted by molar-refractivity contribution is 0.413. The van der Waals surface area contributed by atoms with Crippen LogP contribution >= 0.6 is 0 Å². The molecule has 1 aromatic rings. The third-order valence-corrected chi connectivity index (χ3v) is 2.98. The van der Waals surface area contributed by atoms with E-state index in [1.807, 2.05) is 7.05 Å². The molecule has 0 atom stereocenters. The van der Waals surface area contributed by atoms with Crippen molar-refractivity contribution in [3.05, 3.63) is 23.8 Å². The smallest absolute Gasteiger partial charge is 0.142 e. The molecule has 0 fully saturated rings. The van der Waals surface area contributed by atoms with Crippen LogP contribution in [-0.2, 0) is 0 Å². The zero-order valence-corrected chi connectivity index (χ0v) is 12.4. The second-order valence-electron chi connectivity index (χ2n) is 5.65. The fraction of sp³-hybridized carbons (Fsp3) is 0.600. The molecule has 0 saturated carbocycles. The number of hydrogen-bond donors (Lipinski definition) is 2. The van der Waals surface area contributed by atoms with Gasteiger partial charge in [0.25, 0.3) is 0 Å². The summed E-state index contributed by atoms with van der Waals surface area (Å²) in [6, 6.07) is 6.37. The average Bonchev–Trinajstić information content (AvgIpc) is 2.28. The summed E-state index contributed by atoms with van der Waals surface area (Å²) < 4.78 is 5.48. The van der Waals surface area contributed by atoms with Gasteiger partial charge in [0.15, 0.2) is 0 Å². The number of nitrogens with one attached hydrogen (secondary N) is 2. The first-order valence-electron chi connectivity index (χ1n) is 6.50. The van der Waals surface area contributed by atoms with Gasteiger partial charge in [-0.3, -0.25) is 0 Å². The summed E-state index contributed by atoms with van der Waals surface area (Å²) in [7, 11) is 3.68. The minimum absolute atomic E-state index is 0.0125. The molecule has 0 aliphatic heterocycles. The number of rotatable bonds is 6. The van der Waals surface area contributed by atoms with E-state index in [-0.39, 0.29) is 5.54 Å². The second kappa shape index (κ2) is 6.10. The van der Waals surface area contributed by atoms with Gasteiger partial charge in [-0.25, -0.2) is 0 Å². The minimum atomic E-state index is -0.0125. The van der Waals surface area contributed by atoms with Crippen molar-refractivity contribution in [2.24, 2.45) is 0 Å². The Morgan fingerprint density at radius 1 is 1.28 bits per heavy atom. The Balaban J connectivity index is 2.95. The molecule has 2 N–H and O–H groups in total. The van der Waals surface area contributed by atoms with E-state index < -0.39 is 0 Å². The summed E-state index contributed by atoms with van der Waals surface area (Å²) in [4.78, 5) is 0. The molecule has 3 nitrogen and oxygen atoms in total. The quantitative estimate of drug-likeness (QED) is 0.813. The average molecular weight is 250 g/mol. The van der Waals surface area contributed by atoms with Gasteiger partial charge in [-0.05, 0) is 44.5 Å². The summed E-state index contributed by atoms with van der Waals surface area (Å²) in [5, 5.41) is 6.71. The van der Waals surface area contributed by atoms with Crippen LogP contribution in [-0.4, -0.2) is 26.2 Å². The Hall–Kier alpha value is -1.22. The maximum absolute atomic E-state index is 5.48. The topological polar surface area (TPSA) is 33.3 Å². The van der Waals surface area contributed by atoms with E-state index in [0.29, 0.717) is 5.92 Å². The van der Waals surface area contributed by atoms with E-state index in [1.165, 1.54) is 5.56 Å². The highest BCUT2D eigenvalue weighted by molar-refractivity contribution is 5.59. The molecule has 0 aliphatic carbocycles. The van der Waals surface area contributed by atoms with Gasteiger partial charge in [-0.1, -0.05) is 19.9 Å². The first-order chi connectivity index (χ1) is 8.39. The van der Waals surface area contributed by atoms with Gasteiger partial charge in [0.1, 0.15) is 5.75 Å². The van der Waals surface area contributed by atoms with Crippen molar-refractivity contribution in [3.63, 3.8) is 0 Å². The molecule has 0 aromatic heterocycles. The lowest BCUT2D eigenvalue weighted by atomic mass is 10.0. The van der Waals surface area contributed by atoms with Crippen LogP contribution < -0.4 is 15.4 Å². The van der Waals surface area contributed by atoms with Crippen LogP contribution in [0.4, 0.5) is 5.69 Å². The molecule has 18 heavy (non-hydrogen) atoms. The Kier molecular flexibility index (Phi) is 5.03. The lowest BCUT2D eigenvalue weighted by Crippen LogP contribution is -2.40. The first-order valence-corrected chi connectivity index (χ1v) is 6.50. The normalized spacial score (nSPS) is 11.7. The van der Waals surface area contributed by atoms with Crippen LogP contribution in [0.1, 0.15) is 39.2 Å². The Bertz CT molecular complexity index is 386. The van der Waals surface area contributed by atoms with E-state index >= 15 is 0 Å². The largest absolute Gasteiger partial charge is 0.495 e. The standard InChI is InChI=1S/C15H26N2O/c1-11(2)12-7-8-13(14(9-12)18-6)17-15(3,4)10-16-5/h7-9,11,16-17H,10H2,1-6H3. The number of likely N-dealkylation sites (N-methyl/N-ethyl adjacent to an activating group) is 1. The third kappa shape index (κ3) is 3.91. The predicted molar refractivity (Wildman–Crippen MR) is 78.7 cm³/mol. The number of ether oxygens (including phenoxy) is 1. The van der Waals surface area contributed by atoms with Crippen molar-refractivity contribution in [2.75, 3.05) is 26.0 Å². The highest BCUT2D eigenvalue weighted by atomic mass is 16.5. The van der Waals surface area contributed by atoms with Crippen LogP contribution in [0.5, 0.6) is 5.75 Å². The molecule has 0 saturated heterocycles. The van der Waals surface area contributed by atoms with Gasteiger partial charge < -0.3 is 15.4 Å². The molecular formula is C15H26N2O. The van der Waals surface area contributed by atoms with Gasteiger partial charge in [0.2, 0.25) is 0 Å². The molecule has 0 aliphatic rings. The first kappa shape index (κ1) is 14.8. The minimum Gasteiger partial charge on any atom is -0.495 e.